The monoisotopic (exact) mass is 614 g/mol. The van der Waals surface area contributed by atoms with Crippen molar-refractivity contribution in [3.63, 3.8) is 0 Å². The van der Waals surface area contributed by atoms with Gasteiger partial charge < -0.3 is 8.83 Å². The topological polar surface area (TPSA) is 52.1 Å². The summed E-state index contributed by atoms with van der Waals surface area (Å²) in [7, 11) is 0. The van der Waals surface area contributed by atoms with Crippen LogP contribution in [-0.2, 0) is 0 Å². The Morgan fingerprint density at radius 2 is 1.04 bits per heavy atom. The second-order valence-corrected chi connectivity index (χ2v) is 12.2. The van der Waals surface area contributed by atoms with E-state index in [0.717, 1.165) is 99.5 Å². The largest absolute Gasteiger partial charge is 0.456 e. The summed E-state index contributed by atoms with van der Waals surface area (Å²) in [4.78, 5) is 9.65. The van der Waals surface area contributed by atoms with Crippen molar-refractivity contribution in [3.05, 3.63) is 158 Å². The highest BCUT2D eigenvalue weighted by Crippen LogP contribution is 2.40. The van der Waals surface area contributed by atoms with Gasteiger partial charge in [0, 0.05) is 38.9 Å². The van der Waals surface area contributed by atoms with Crippen LogP contribution < -0.4 is 0 Å². The Bertz CT molecular complexity index is 2830. The first-order valence-electron chi connectivity index (χ1n) is 16.1. The van der Waals surface area contributed by atoms with Crippen LogP contribution in [0.3, 0.4) is 0 Å². The maximum atomic E-state index is 6.39. The van der Waals surface area contributed by atoms with Gasteiger partial charge in [-0.25, -0.2) is 4.98 Å². The van der Waals surface area contributed by atoms with E-state index in [1.165, 1.54) is 0 Å². The van der Waals surface area contributed by atoms with Crippen molar-refractivity contribution in [1.29, 1.82) is 0 Å². The zero-order chi connectivity index (χ0) is 31.6. The third-order valence-electron chi connectivity index (χ3n) is 9.35. The van der Waals surface area contributed by atoms with E-state index in [4.69, 9.17) is 18.8 Å². The molecule has 48 heavy (non-hydrogen) atoms. The fourth-order valence-corrected chi connectivity index (χ4v) is 7.02. The molecular weight excluding hydrogens is 588 g/mol. The van der Waals surface area contributed by atoms with Gasteiger partial charge in [0.2, 0.25) is 0 Å². The van der Waals surface area contributed by atoms with Crippen molar-refractivity contribution in [2.75, 3.05) is 0 Å². The fraction of sp³-hybridized carbons (Fsp3) is 0. The van der Waals surface area contributed by atoms with Gasteiger partial charge in [-0.05, 0) is 82.4 Å². The lowest BCUT2D eigenvalue weighted by Crippen LogP contribution is -1.92. The second-order valence-electron chi connectivity index (χ2n) is 12.2. The normalized spacial score (nSPS) is 11.8. The maximum Gasteiger partial charge on any atom is 0.136 e. The van der Waals surface area contributed by atoms with Crippen LogP contribution in [0.4, 0.5) is 0 Å². The molecule has 0 radical (unpaired) electrons. The van der Waals surface area contributed by atoms with Crippen molar-refractivity contribution in [2.45, 2.75) is 0 Å². The smallest absolute Gasteiger partial charge is 0.136 e. The van der Waals surface area contributed by atoms with E-state index >= 15 is 0 Å². The summed E-state index contributed by atoms with van der Waals surface area (Å²) >= 11 is 0. The molecule has 0 bridgehead atoms. The molecule has 4 nitrogen and oxygen atoms in total. The second kappa shape index (κ2) is 10.5. The molecule has 0 saturated heterocycles. The first-order chi connectivity index (χ1) is 23.8. The summed E-state index contributed by atoms with van der Waals surface area (Å²) in [6.07, 6.45) is 1.83. The Hall–Kier alpha value is -6.52. The molecule has 0 atom stereocenters. The molecule has 0 fully saturated rings. The molecule has 0 aliphatic heterocycles. The number of para-hydroxylation sites is 1. The van der Waals surface area contributed by atoms with E-state index in [9.17, 15) is 0 Å². The van der Waals surface area contributed by atoms with E-state index in [0.29, 0.717) is 0 Å². The van der Waals surface area contributed by atoms with E-state index in [2.05, 4.69) is 109 Å². The zero-order valence-electron chi connectivity index (χ0n) is 25.7. The Morgan fingerprint density at radius 1 is 0.396 bits per heavy atom. The highest BCUT2D eigenvalue weighted by molar-refractivity contribution is 6.14. The van der Waals surface area contributed by atoms with E-state index in [-0.39, 0.29) is 0 Å². The van der Waals surface area contributed by atoms with Crippen molar-refractivity contribution >= 4 is 54.9 Å². The summed E-state index contributed by atoms with van der Waals surface area (Å²) in [6, 6.07) is 52.6. The minimum absolute atomic E-state index is 0.871. The minimum atomic E-state index is 0.871. The van der Waals surface area contributed by atoms with Crippen LogP contribution in [-0.4, -0.2) is 9.97 Å². The van der Waals surface area contributed by atoms with Crippen molar-refractivity contribution < 1.29 is 8.83 Å². The molecule has 0 unspecified atom stereocenters. The van der Waals surface area contributed by atoms with Crippen LogP contribution in [0, 0.1) is 0 Å². The standard InChI is InChI=1S/C44H26N2O2/c1-2-8-29(9-3-1)38-26-34(44-37(46-38)12-7-23-45-44)28-17-15-27(16-18-28)32-11-6-14-42-43(32)36-25-31(20-22-41(36)48-42)30-19-21-40-35(24-30)33-10-4-5-13-39(33)47-40/h1-26H. The van der Waals surface area contributed by atoms with Crippen LogP contribution in [0.5, 0.6) is 0 Å². The molecule has 0 aliphatic carbocycles. The lowest BCUT2D eigenvalue weighted by atomic mass is 9.95. The van der Waals surface area contributed by atoms with Gasteiger partial charge in [0.15, 0.2) is 0 Å². The summed E-state index contributed by atoms with van der Waals surface area (Å²) in [5, 5.41) is 4.45. The molecular formula is C44H26N2O2. The molecule has 10 aromatic rings. The number of nitrogens with zero attached hydrogens (tertiary/aromatic N) is 2. The number of aromatic nitrogens is 2. The molecule has 0 spiro atoms. The van der Waals surface area contributed by atoms with Gasteiger partial charge in [0.05, 0.1) is 16.7 Å². The van der Waals surface area contributed by atoms with Crippen molar-refractivity contribution in [1.82, 2.24) is 9.97 Å². The van der Waals surface area contributed by atoms with Crippen LogP contribution in [0.2, 0.25) is 0 Å². The Balaban J connectivity index is 1.09. The zero-order valence-corrected chi connectivity index (χ0v) is 25.7. The van der Waals surface area contributed by atoms with Crippen LogP contribution >= 0.6 is 0 Å². The SMILES string of the molecule is c1ccc(-c2cc(-c3ccc(-c4cccc5oc6ccc(-c7ccc8oc9ccccc9c8c7)cc6c45)cc3)c3ncccc3n2)cc1. The van der Waals surface area contributed by atoms with Crippen LogP contribution in [0.1, 0.15) is 0 Å². The van der Waals surface area contributed by atoms with Gasteiger partial charge in [0.25, 0.3) is 0 Å². The molecule has 224 valence electrons. The van der Waals surface area contributed by atoms with Gasteiger partial charge in [-0.2, -0.15) is 0 Å². The number of hydrogen-bond acceptors (Lipinski definition) is 4. The van der Waals surface area contributed by atoms with Gasteiger partial charge in [0.1, 0.15) is 22.3 Å². The number of benzene rings is 6. The number of hydrogen-bond donors (Lipinski definition) is 0. The van der Waals surface area contributed by atoms with Gasteiger partial charge in [-0.1, -0.05) is 97.1 Å². The van der Waals surface area contributed by atoms with Gasteiger partial charge in [-0.15, -0.1) is 0 Å². The number of furan rings is 2. The lowest BCUT2D eigenvalue weighted by molar-refractivity contribution is 0.668. The minimum Gasteiger partial charge on any atom is -0.456 e. The van der Waals surface area contributed by atoms with Crippen LogP contribution in [0.15, 0.2) is 167 Å². The first kappa shape index (κ1) is 26.7. The molecule has 4 heteroatoms. The molecule has 4 aromatic heterocycles. The quantitative estimate of drug-likeness (QED) is 0.198. The predicted octanol–water partition coefficient (Wildman–Crippen LogP) is 12.1. The lowest BCUT2D eigenvalue weighted by Gasteiger charge is -2.11. The summed E-state index contributed by atoms with van der Waals surface area (Å²) in [5.41, 5.74) is 14.0. The average molecular weight is 615 g/mol. The maximum absolute atomic E-state index is 6.39. The summed E-state index contributed by atoms with van der Waals surface area (Å²) < 4.78 is 12.5. The molecule has 0 amide bonds. The van der Waals surface area contributed by atoms with Crippen molar-refractivity contribution in [3.8, 4) is 44.6 Å². The van der Waals surface area contributed by atoms with E-state index < -0.39 is 0 Å². The molecule has 0 N–H and O–H groups in total. The third kappa shape index (κ3) is 4.24. The molecule has 6 aromatic carbocycles. The first-order valence-corrected chi connectivity index (χ1v) is 16.1. The molecule has 0 aliphatic rings. The van der Waals surface area contributed by atoms with E-state index in [1.807, 2.05) is 48.7 Å². The molecule has 10 rings (SSSR count). The highest BCUT2D eigenvalue weighted by Gasteiger charge is 2.16. The fourth-order valence-electron chi connectivity index (χ4n) is 7.02. The number of fused-ring (bicyclic) bond motifs is 7. The van der Waals surface area contributed by atoms with Gasteiger partial charge in [-0.3, -0.25) is 4.98 Å². The van der Waals surface area contributed by atoms with Crippen LogP contribution in [0.25, 0.3) is 99.5 Å². The predicted molar refractivity (Wildman–Crippen MR) is 196 cm³/mol. The molecule has 0 saturated carbocycles. The number of rotatable bonds is 4. The Kier molecular flexibility index (Phi) is 5.84. The Labute approximate surface area is 275 Å². The average Bonchev–Trinajstić information content (AvgIpc) is 3.72. The summed E-state index contributed by atoms with van der Waals surface area (Å²) in [6.45, 7) is 0. The third-order valence-corrected chi connectivity index (χ3v) is 9.35. The van der Waals surface area contributed by atoms with Gasteiger partial charge >= 0.3 is 0 Å². The highest BCUT2D eigenvalue weighted by atomic mass is 16.3. The number of pyridine rings is 2. The molecule has 4 heterocycles. The van der Waals surface area contributed by atoms with Crippen molar-refractivity contribution in [2.24, 2.45) is 0 Å². The van der Waals surface area contributed by atoms with E-state index in [1.54, 1.807) is 0 Å². The Morgan fingerprint density at radius 3 is 1.88 bits per heavy atom. The summed E-state index contributed by atoms with van der Waals surface area (Å²) in [5.74, 6) is 0.